The highest BCUT2D eigenvalue weighted by molar-refractivity contribution is 7.27. The summed E-state index contributed by atoms with van der Waals surface area (Å²) in [5.74, 6) is 4.08. The topological polar surface area (TPSA) is 81.2 Å². The minimum atomic E-state index is -0.305. The van der Waals surface area contributed by atoms with Gasteiger partial charge in [-0.2, -0.15) is 0 Å². The molecule has 222 valence electrons. The SMILES string of the molecule is COc1cc(-c2cc(OC)cc(C(C)(C)C)c2OPOc2ccncc2)c(OPOc2ccncc2)c(C(C)(C)C)c1. The summed E-state index contributed by atoms with van der Waals surface area (Å²) in [6.07, 6.45) is 6.73. The minimum absolute atomic E-state index is 0.279. The number of ether oxygens (including phenoxy) is 2. The van der Waals surface area contributed by atoms with Crippen molar-refractivity contribution in [1.82, 2.24) is 9.97 Å². The van der Waals surface area contributed by atoms with Crippen molar-refractivity contribution in [3.05, 3.63) is 84.4 Å². The molecule has 0 saturated heterocycles. The van der Waals surface area contributed by atoms with Crippen LogP contribution in [-0.4, -0.2) is 24.2 Å². The maximum atomic E-state index is 6.48. The fourth-order valence-electron chi connectivity index (χ4n) is 4.21. The first-order valence-electron chi connectivity index (χ1n) is 13.4. The van der Waals surface area contributed by atoms with Crippen molar-refractivity contribution in [2.75, 3.05) is 14.2 Å². The van der Waals surface area contributed by atoms with Crippen molar-refractivity contribution in [1.29, 1.82) is 0 Å². The monoisotopic (exact) mass is 608 g/mol. The number of benzene rings is 2. The Morgan fingerprint density at radius 3 is 1.17 bits per heavy atom. The van der Waals surface area contributed by atoms with Crippen LogP contribution in [0.2, 0.25) is 0 Å². The van der Waals surface area contributed by atoms with Gasteiger partial charge in [-0.25, -0.2) is 0 Å². The van der Waals surface area contributed by atoms with Gasteiger partial charge in [-0.1, -0.05) is 41.5 Å². The Hall–Kier alpha value is -3.60. The number of methoxy groups -OCH3 is 2. The Morgan fingerprint density at radius 2 is 0.857 bits per heavy atom. The van der Waals surface area contributed by atoms with E-state index in [4.69, 9.17) is 27.6 Å². The first kappa shape index (κ1) is 31.3. The quantitative estimate of drug-likeness (QED) is 0.157. The standard InChI is InChI=1S/C32H38N2O6P2/c1-31(2,3)27-19-23(35-7)17-25(29(27)39-41-37-21-9-13-33-14-10-21)26-18-24(36-8)20-28(32(4,5)6)30(26)40-42-38-22-11-15-34-16-12-22/h9-20,41-42H,1-8H3. The van der Waals surface area contributed by atoms with Gasteiger partial charge in [0.2, 0.25) is 0 Å². The lowest BCUT2D eigenvalue weighted by Crippen LogP contribution is -2.15. The second-order valence-electron chi connectivity index (χ2n) is 11.5. The maximum absolute atomic E-state index is 6.48. The Labute approximate surface area is 252 Å². The molecule has 4 aromatic rings. The number of hydrogen-bond acceptors (Lipinski definition) is 8. The third-order valence-electron chi connectivity index (χ3n) is 6.41. The molecule has 0 fully saturated rings. The highest BCUT2D eigenvalue weighted by Crippen LogP contribution is 2.51. The molecule has 4 rings (SSSR count). The lowest BCUT2D eigenvalue weighted by atomic mass is 9.81. The molecule has 0 bridgehead atoms. The number of hydrogen-bond donors (Lipinski definition) is 0. The third kappa shape index (κ3) is 7.81. The third-order valence-corrected chi connectivity index (χ3v) is 7.62. The smallest absolute Gasteiger partial charge is 0.275 e. The highest BCUT2D eigenvalue weighted by Gasteiger charge is 2.29. The molecule has 0 spiro atoms. The van der Waals surface area contributed by atoms with E-state index in [9.17, 15) is 0 Å². The normalized spacial score (nSPS) is 12.1. The van der Waals surface area contributed by atoms with Crippen molar-refractivity contribution < 1.29 is 27.6 Å². The van der Waals surface area contributed by atoms with E-state index in [0.29, 0.717) is 34.5 Å². The van der Waals surface area contributed by atoms with E-state index >= 15 is 0 Å². The molecule has 2 heterocycles. The van der Waals surface area contributed by atoms with Crippen molar-refractivity contribution in [3.8, 4) is 45.6 Å². The van der Waals surface area contributed by atoms with Gasteiger partial charge < -0.3 is 27.6 Å². The van der Waals surface area contributed by atoms with E-state index in [0.717, 1.165) is 22.3 Å². The minimum Gasteiger partial charge on any atom is -0.497 e. The van der Waals surface area contributed by atoms with Crippen molar-refractivity contribution >= 4 is 18.1 Å². The average molecular weight is 609 g/mol. The molecule has 0 aliphatic heterocycles. The van der Waals surface area contributed by atoms with E-state index in [1.54, 1.807) is 63.3 Å². The van der Waals surface area contributed by atoms with Crippen LogP contribution in [0.5, 0.6) is 34.5 Å². The van der Waals surface area contributed by atoms with E-state index in [2.05, 4.69) is 51.5 Å². The first-order chi connectivity index (χ1) is 20.0. The van der Waals surface area contributed by atoms with Gasteiger partial charge in [0.1, 0.15) is 34.5 Å². The molecule has 0 aliphatic carbocycles. The summed E-state index contributed by atoms with van der Waals surface area (Å²) in [6, 6.07) is 15.1. The van der Waals surface area contributed by atoms with Crippen LogP contribution in [0.4, 0.5) is 0 Å². The van der Waals surface area contributed by atoms with Crippen LogP contribution >= 0.6 is 18.1 Å². The zero-order valence-electron chi connectivity index (χ0n) is 25.3. The number of nitrogens with zero attached hydrogens (tertiary/aromatic N) is 2. The summed E-state index contributed by atoms with van der Waals surface area (Å²) in [5.41, 5.74) is 2.95. The van der Waals surface area contributed by atoms with E-state index in [-0.39, 0.29) is 28.9 Å². The van der Waals surface area contributed by atoms with Crippen LogP contribution in [0.25, 0.3) is 11.1 Å². The van der Waals surface area contributed by atoms with Crippen molar-refractivity contribution in [2.45, 2.75) is 52.4 Å². The van der Waals surface area contributed by atoms with Gasteiger partial charge in [0.25, 0.3) is 18.1 Å². The van der Waals surface area contributed by atoms with Crippen LogP contribution in [-0.2, 0) is 10.8 Å². The molecule has 0 aliphatic rings. The van der Waals surface area contributed by atoms with Crippen LogP contribution in [0.15, 0.2) is 73.3 Å². The zero-order chi connectivity index (χ0) is 30.3. The largest absolute Gasteiger partial charge is 0.497 e. The summed E-state index contributed by atoms with van der Waals surface area (Å²) < 4.78 is 36.4. The van der Waals surface area contributed by atoms with Crippen LogP contribution in [0.3, 0.4) is 0 Å². The Bertz CT molecular complexity index is 1360. The fourth-order valence-corrected chi connectivity index (χ4v) is 5.36. The summed E-state index contributed by atoms with van der Waals surface area (Å²) in [4.78, 5) is 8.12. The average Bonchev–Trinajstić information content (AvgIpc) is 2.97. The van der Waals surface area contributed by atoms with E-state index in [1.807, 2.05) is 24.3 Å². The first-order valence-corrected chi connectivity index (χ1v) is 15.1. The number of rotatable bonds is 11. The summed E-state index contributed by atoms with van der Waals surface area (Å²) in [6.45, 7) is 12.8. The molecular weight excluding hydrogens is 570 g/mol. The number of pyridine rings is 2. The van der Waals surface area contributed by atoms with Gasteiger partial charge in [-0.15, -0.1) is 0 Å². The van der Waals surface area contributed by atoms with E-state index < -0.39 is 0 Å². The molecule has 0 saturated carbocycles. The summed E-state index contributed by atoms with van der Waals surface area (Å²) in [7, 11) is 2.71. The summed E-state index contributed by atoms with van der Waals surface area (Å²) in [5, 5.41) is 0. The predicted octanol–water partition coefficient (Wildman–Crippen LogP) is 8.69. The second-order valence-corrected chi connectivity index (χ2v) is 12.7. The van der Waals surface area contributed by atoms with Gasteiger partial charge in [0.15, 0.2) is 0 Å². The van der Waals surface area contributed by atoms with Gasteiger partial charge in [0, 0.05) is 47.0 Å². The lowest BCUT2D eigenvalue weighted by Gasteiger charge is -2.28. The number of aromatic nitrogens is 2. The molecule has 2 aromatic carbocycles. The van der Waals surface area contributed by atoms with Crippen LogP contribution in [0.1, 0.15) is 52.7 Å². The Kier molecular flexibility index (Phi) is 10.1. The van der Waals surface area contributed by atoms with Gasteiger partial charge >= 0.3 is 0 Å². The van der Waals surface area contributed by atoms with Gasteiger partial charge in [0.05, 0.1) is 14.2 Å². The molecule has 0 amide bonds. The molecule has 0 N–H and O–H groups in total. The molecule has 0 radical (unpaired) electrons. The predicted molar refractivity (Wildman–Crippen MR) is 170 cm³/mol. The van der Waals surface area contributed by atoms with Crippen LogP contribution < -0.4 is 27.6 Å². The lowest BCUT2D eigenvalue weighted by molar-refractivity contribution is 0.409. The van der Waals surface area contributed by atoms with Crippen molar-refractivity contribution in [3.63, 3.8) is 0 Å². The van der Waals surface area contributed by atoms with Gasteiger partial charge in [-0.3, -0.25) is 9.97 Å². The Balaban J connectivity index is 1.88. The molecule has 8 nitrogen and oxygen atoms in total. The molecule has 10 heteroatoms. The molecule has 2 aromatic heterocycles. The van der Waals surface area contributed by atoms with E-state index in [1.165, 1.54) is 0 Å². The summed E-state index contributed by atoms with van der Waals surface area (Å²) >= 11 is 0. The second kappa shape index (κ2) is 13.6. The zero-order valence-corrected chi connectivity index (χ0v) is 27.3. The highest BCUT2D eigenvalue weighted by atomic mass is 31.1. The molecular formula is C32H38N2O6P2. The van der Waals surface area contributed by atoms with Crippen molar-refractivity contribution in [2.24, 2.45) is 0 Å². The molecule has 2 atom stereocenters. The Morgan fingerprint density at radius 1 is 0.500 bits per heavy atom. The molecule has 42 heavy (non-hydrogen) atoms. The maximum Gasteiger partial charge on any atom is 0.275 e. The molecule has 2 unspecified atom stereocenters. The van der Waals surface area contributed by atoms with Gasteiger partial charge in [-0.05, 0) is 59.4 Å². The van der Waals surface area contributed by atoms with Crippen LogP contribution in [0, 0.1) is 0 Å². The fraction of sp³-hybridized carbons (Fsp3) is 0.312.